The molecule has 2 aliphatic rings. The van der Waals surface area contributed by atoms with Gasteiger partial charge in [0.25, 0.3) is 0 Å². The molecule has 1 saturated carbocycles. The molecule has 0 radical (unpaired) electrons. The number of halogens is 1. The molecule has 4 heterocycles. The monoisotopic (exact) mass is 484 g/mol. The summed E-state index contributed by atoms with van der Waals surface area (Å²) in [4.78, 5) is 26.5. The Labute approximate surface area is 205 Å². The second-order valence-electron chi connectivity index (χ2n) is 9.89. The number of hydrogen-bond acceptors (Lipinski definition) is 6. The van der Waals surface area contributed by atoms with Crippen molar-refractivity contribution in [2.75, 3.05) is 24.5 Å². The predicted molar refractivity (Wildman–Crippen MR) is 135 cm³/mol. The van der Waals surface area contributed by atoms with Gasteiger partial charge in [0, 0.05) is 37.7 Å². The number of H-pyrrole nitrogens is 2. The Morgan fingerprint density at radius 2 is 2.08 bits per heavy atom. The molecule has 0 amide bonds. The minimum absolute atomic E-state index is 0.161. The summed E-state index contributed by atoms with van der Waals surface area (Å²) in [6, 6.07) is 12.7. The van der Waals surface area contributed by atoms with Crippen molar-refractivity contribution in [3.8, 4) is 11.3 Å². The molecule has 1 saturated heterocycles. The van der Waals surface area contributed by atoms with Crippen molar-refractivity contribution in [1.82, 2.24) is 29.7 Å². The molecule has 36 heavy (non-hydrogen) atoms. The number of aromatic nitrogens is 6. The summed E-state index contributed by atoms with van der Waals surface area (Å²) < 4.78 is 16.2. The van der Waals surface area contributed by atoms with Gasteiger partial charge in [-0.1, -0.05) is 24.3 Å². The van der Waals surface area contributed by atoms with Gasteiger partial charge in [-0.2, -0.15) is 5.10 Å². The van der Waals surface area contributed by atoms with E-state index in [4.69, 9.17) is 15.7 Å². The van der Waals surface area contributed by atoms with Gasteiger partial charge >= 0.3 is 5.69 Å². The Balaban J connectivity index is 1.19. The van der Waals surface area contributed by atoms with Crippen LogP contribution < -0.4 is 16.3 Å². The SMILES string of the molecule is Cn1c(=O)[nH]c2ccc(-c3n[nH]c4nc(N5CC[C@@H]6[C@H](C5)[C@@]6(CN)c5ccccc5F)cnc34)cc21. The molecule has 182 valence electrons. The first-order valence-electron chi connectivity index (χ1n) is 12.1. The number of benzene rings is 2. The third kappa shape index (κ3) is 2.84. The van der Waals surface area contributed by atoms with Crippen LogP contribution in [0, 0.1) is 17.7 Å². The summed E-state index contributed by atoms with van der Waals surface area (Å²) in [5.74, 6) is 1.26. The maximum Gasteiger partial charge on any atom is 0.326 e. The molecule has 0 spiro atoms. The largest absolute Gasteiger partial charge is 0.355 e. The number of aromatic amines is 2. The number of fused-ring (bicyclic) bond motifs is 3. The summed E-state index contributed by atoms with van der Waals surface area (Å²) in [6.07, 6.45) is 2.71. The minimum Gasteiger partial charge on any atom is -0.355 e. The smallest absolute Gasteiger partial charge is 0.326 e. The number of aryl methyl sites for hydroxylation is 1. The van der Waals surface area contributed by atoms with Crippen LogP contribution in [0.3, 0.4) is 0 Å². The fourth-order valence-electron chi connectivity index (χ4n) is 6.35. The van der Waals surface area contributed by atoms with E-state index < -0.39 is 0 Å². The molecule has 3 aromatic heterocycles. The standard InChI is InChI=1S/C26H25FN8O/c1-34-20-10-14(6-7-19(20)30-25(34)36)22-23-24(33-32-22)31-21(11-29-23)35-9-8-15-17(12-35)26(15,13-28)16-4-2-3-5-18(16)27/h2-7,10-11,15,17H,8-9,12-13,28H2,1H3,(H,30,36)(H,31,32,33)/t15-,17+,26-/m1/s1. The van der Waals surface area contributed by atoms with Crippen LogP contribution in [0.1, 0.15) is 12.0 Å². The zero-order chi connectivity index (χ0) is 24.6. The number of nitrogens with zero attached hydrogens (tertiary/aromatic N) is 5. The van der Waals surface area contributed by atoms with Crippen LogP contribution in [-0.4, -0.2) is 49.4 Å². The van der Waals surface area contributed by atoms with Gasteiger partial charge in [0.2, 0.25) is 0 Å². The normalized spacial score (nSPS) is 23.4. The fraction of sp³-hybridized carbons (Fsp3) is 0.308. The predicted octanol–water partition coefficient (Wildman–Crippen LogP) is 2.69. The maximum absolute atomic E-state index is 14.7. The molecule has 0 bridgehead atoms. The van der Waals surface area contributed by atoms with Crippen LogP contribution in [-0.2, 0) is 12.5 Å². The highest BCUT2D eigenvalue weighted by Crippen LogP contribution is 2.63. The zero-order valence-electron chi connectivity index (χ0n) is 19.7. The molecule has 0 unspecified atom stereocenters. The van der Waals surface area contributed by atoms with E-state index in [1.165, 1.54) is 6.07 Å². The van der Waals surface area contributed by atoms with Crippen LogP contribution >= 0.6 is 0 Å². The van der Waals surface area contributed by atoms with Crippen LogP contribution in [0.25, 0.3) is 33.5 Å². The van der Waals surface area contributed by atoms with Gasteiger partial charge in [0.1, 0.15) is 22.8 Å². The van der Waals surface area contributed by atoms with Crippen molar-refractivity contribution in [2.45, 2.75) is 11.8 Å². The van der Waals surface area contributed by atoms with Gasteiger partial charge in [0.15, 0.2) is 5.65 Å². The number of hydrogen-bond donors (Lipinski definition) is 3. The van der Waals surface area contributed by atoms with E-state index in [0.717, 1.165) is 47.5 Å². The third-order valence-corrected chi connectivity index (χ3v) is 8.30. The zero-order valence-corrected chi connectivity index (χ0v) is 19.7. The Kier molecular flexibility index (Phi) is 4.41. The Morgan fingerprint density at radius 1 is 1.22 bits per heavy atom. The summed E-state index contributed by atoms with van der Waals surface area (Å²) in [5.41, 5.74) is 10.9. The lowest BCUT2D eigenvalue weighted by Crippen LogP contribution is -2.32. The molecule has 3 atom stereocenters. The molecule has 7 rings (SSSR count). The van der Waals surface area contributed by atoms with Crippen LogP contribution in [0.15, 0.2) is 53.5 Å². The van der Waals surface area contributed by atoms with Crippen molar-refractivity contribution in [3.05, 3.63) is 70.5 Å². The highest BCUT2D eigenvalue weighted by molar-refractivity contribution is 5.91. The third-order valence-electron chi connectivity index (χ3n) is 8.30. The molecule has 2 fully saturated rings. The average molecular weight is 485 g/mol. The fourth-order valence-corrected chi connectivity index (χ4v) is 6.35. The number of imidazole rings is 1. The lowest BCUT2D eigenvalue weighted by Gasteiger charge is -2.26. The first-order valence-corrected chi connectivity index (χ1v) is 12.1. The highest BCUT2D eigenvalue weighted by atomic mass is 19.1. The molecule has 5 aromatic rings. The number of nitrogens with one attached hydrogen (secondary N) is 2. The van der Waals surface area contributed by atoms with Gasteiger partial charge in [-0.3, -0.25) is 9.67 Å². The lowest BCUT2D eigenvalue weighted by atomic mass is 9.91. The second-order valence-corrected chi connectivity index (χ2v) is 9.89. The average Bonchev–Trinajstić information content (AvgIpc) is 3.19. The molecular weight excluding hydrogens is 459 g/mol. The van der Waals surface area contributed by atoms with E-state index in [1.54, 1.807) is 23.9 Å². The van der Waals surface area contributed by atoms with Crippen molar-refractivity contribution < 1.29 is 4.39 Å². The van der Waals surface area contributed by atoms with E-state index >= 15 is 0 Å². The van der Waals surface area contributed by atoms with Crippen LogP contribution in [0.2, 0.25) is 0 Å². The minimum atomic E-state index is -0.310. The van der Waals surface area contributed by atoms with Crippen LogP contribution in [0.5, 0.6) is 0 Å². The molecule has 1 aliphatic heterocycles. The quantitative estimate of drug-likeness (QED) is 0.361. The van der Waals surface area contributed by atoms with Crippen molar-refractivity contribution in [1.29, 1.82) is 0 Å². The number of nitrogens with two attached hydrogens (primary N) is 1. The van der Waals surface area contributed by atoms with Gasteiger partial charge in [-0.05, 0) is 42.0 Å². The Morgan fingerprint density at radius 3 is 2.92 bits per heavy atom. The molecule has 4 N–H and O–H groups in total. The molecule has 10 heteroatoms. The second kappa shape index (κ2) is 7.47. The molecule has 9 nitrogen and oxygen atoms in total. The Hall–Kier alpha value is -4.05. The van der Waals surface area contributed by atoms with Crippen LogP contribution in [0.4, 0.5) is 10.2 Å². The summed E-state index contributed by atoms with van der Waals surface area (Å²) in [7, 11) is 1.73. The summed E-state index contributed by atoms with van der Waals surface area (Å²) >= 11 is 0. The van der Waals surface area contributed by atoms with Crippen molar-refractivity contribution in [3.63, 3.8) is 0 Å². The van der Waals surface area contributed by atoms with Gasteiger partial charge in [-0.25, -0.2) is 19.2 Å². The first kappa shape index (κ1) is 21.3. The van der Waals surface area contributed by atoms with Gasteiger partial charge in [-0.15, -0.1) is 0 Å². The van der Waals surface area contributed by atoms with E-state index in [9.17, 15) is 9.18 Å². The van der Waals surface area contributed by atoms with E-state index in [0.29, 0.717) is 29.3 Å². The van der Waals surface area contributed by atoms with E-state index in [2.05, 4.69) is 20.1 Å². The number of anilines is 1. The topological polar surface area (TPSA) is 122 Å². The molecular formula is C26H25FN8O. The van der Waals surface area contributed by atoms with Gasteiger partial charge < -0.3 is 15.6 Å². The van der Waals surface area contributed by atoms with Gasteiger partial charge in [0.05, 0.1) is 17.2 Å². The highest BCUT2D eigenvalue weighted by Gasteiger charge is 2.66. The molecule has 1 aliphatic carbocycles. The Bertz CT molecular complexity index is 1700. The maximum atomic E-state index is 14.7. The van der Waals surface area contributed by atoms with Crippen molar-refractivity contribution >= 4 is 28.0 Å². The van der Waals surface area contributed by atoms with Crippen molar-refractivity contribution in [2.24, 2.45) is 24.6 Å². The number of rotatable bonds is 4. The summed E-state index contributed by atoms with van der Waals surface area (Å²) in [6.45, 7) is 2.01. The van der Waals surface area contributed by atoms with E-state index in [1.807, 2.05) is 30.3 Å². The number of piperidine rings is 1. The lowest BCUT2D eigenvalue weighted by molar-refractivity contribution is 0.533. The molecule has 2 aromatic carbocycles. The van der Waals surface area contributed by atoms with E-state index in [-0.39, 0.29) is 22.8 Å². The summed E-state index contributed by atoms with van der Waals surface area (Å²) in [5, 5.41) is 7.50. The first-order chi connectivity index (χ1) is 17.5.